The monoisotopic (exact) mass is 443 g/mol. The molecule has 0 unspecified atom stereocenters. The van der Waals surface area contributed by atoms with Crippen LogP contribution in [0.3, 0.4) is 0 Å². The summed E-state index contributed by atoms with van der Waals surface area (Å²) >= 11 is 0. The summed E-state index contributed by atoms with van der Waals surface area (Å²) in [6.45, 7) is 4.81. The van der Waals surface area contributed by atoms with Gasteiger partial charge in [-0.1, -0.05) is 48.5 Å². The van der Waals surface area contributed by atoms with E-state index in [1.165, 1.54) is 17.0 Å². The van der Waals surface area contributed by atoms with Gasteiger partial charge in [0, 0.05) is 49.6 Å². The number of nitrogens with one attached hydrogen (secondary N) is 1. The maximum atomic E-state index is 10.9. The van der Waals surface area contributed by atoms with E-state index in [4.69, 9.17) is 4.99 Å². The molecule has 2 N–H and O–H groups in total. The van der Waals surface area contributed by atoms with E-state index >= 15 is 0 Å². The highest BCUT2D eigenvalue weighted by atomic mass is 79.9. The van der Waals surface area contributed by atoms with Crippen molar-refractivity contribution < 1.29 is 5.11 Å². The van der Waals surface area contributed by atoms with Crippen LogP contribution in [0.2, 0.25) is 0 Å². The molecular weight excluding hydrogens is 414 g/mol. The van der Waals surface area contributed by atoms with E-state index in [0.717, 1.165) is 64.0 Å². The van der Waals surface area contributed by atoms with Gasteiger partial charge in [-0.2, -0.15) is 0 Å². The molecule has 4 nitrogen and oxygen atoms in total. The second kappa shape index (κ2) is 9.68. The Kier molecular flexibility index (Phi) is 7.27. The summed E-state index contributed by atoms with van der Waals surface area (Å²) in [6.07, 6.45) is 3.70. The number of rotatable bonds is 5. The van der Waals surface area contributed by atoms with Crippen molar-refractivity contribution in [2.45, 2.75) is 31.3 Å². The number of likely N-dealkylation sites (tertiary alicyclic amines) is 1. The molecule has 1 saturated heterocycles. The SMILES string of the molecule is Br.OC1(c2ccccc2)CCN(CCCN=C2CCNc3ccccc32)CC1. The molecule has 28 heavy (non-hydrogen) atoms. The summed E-state index contributed by atoms with van der Waals surface area (Å²) < 4.78 is 0. The lowest BCUT2D eigenvalue weighted by Gasteiger charge is -2.38. The van der Waals surface area contributed by atoms with Crippen molar-refractivity contribution in [1.29, 1.82) is 0 Å². The molecule has 0 atom stereocenters. The third kappa shape index (κ3) is 4.83. The Hall–Kier alpha value is -1.69. The lowest BCUT2D eigenvalue weighted by molar-refractivity contribution is -0.0258. The van der Waals surface area contributed by atoms with E-state index in [2.05, 4.69) is 34.5 Å². The minimum absolute atomic E-state index is 0. The second-order valence-corrected chi connectivity index (χ2v) is 7.64. The number of benzene rings is 2. The highest BCUT2D eigenvalue weighted by Gasteiger charge is 2.33. The molecule has 2 heterocycles. The number of piperidine rings is 1. The van der Waals surface area contributed by atoms with E-state index in [1.54, 1.807) is 0 Å². The summed E-state index contributed by atoms with van der Waals surface area (Å²) in [7, 11) is 0. The number of para-hydroxylation sites is 1. The first kappa shape index (κ1) is 21.0. The van der Waals surface area contributed by atoms with Crippen LogP contribution < -0.4 is 5.32 Å². The largest absolute Gasteiger partial charge is 0.385 e. The second-order valence-electron chi connectivity index (χ2n) is 7.64. The standard InChI is InChI=1S/C23H29N3O.BrH/c27-23(19-7-2-1-3-8-19)12-17-26(18-13-23)16-6-14-24-22-11-15-25-21-10-5-4-9-20(21)22;/h1-5,7-10,25,27H,6,11-18H2;1H. The van der Waals surface area contributed by atoms with Crippen molar-refractivity contribution in [2.24, 2.45) is 4.99 Å². The molecule has 0 amide bonds. The summed E-state index contributed by atoms with van der Waals surface area (Å²) in [4.78, 5) is 7.35. The van der Waals surface area contributed by atoms with Crippen LogP contribution >= 0.6 is 17.0 Å². The molecule has 4 rings (SSSR count). The molecule has 0 aromatic heterocycles. The van der Waals surface area contributed by atoms with Crippen LogP contribution in [-0.2, 0) is 5.60 Å². The Labute approximate surface area is 178 Å². The minimum atomic E-state index is -0.656. The van der Waals surface area contributed by atoms with Crippen LogP contribution in [0.1, 0.15) is 36.8 Å². The van der Waals surface area contributed by atoms with Crippen molar-refractivity contribution in [3.8, 4) is 0 Å². The molecule has 5 heteroatoms. The van der Waals surface area contributed by atoms with Gasteiger partial charge in [-0.25, -0.2) is 0 Å². The zero-order valence-electron chi connectivity index (χ0n) is 16.3. The van der Waals surface area contributed by atoms with E-state index < -0.39 is 5.60 Å². The van der Waals surface area contributed by atoms with Gasteiger partial charge in [0.25, 0.3) is 0 Å². The van der Waals surface area contributed by atoms with Crippen LogP contribution in [-0.4, -0.2) is 48.4 Å². The third-order valence-electron chi connectivity index (χ3n) is 5.84. The molecule has 0 aliphatic carbocycles. The summed E-state index contributed by atoms with van der Waals surface area (Å²) in [5, 5.41) is 14.4. The van der Waals surface area contributed by atoms with E-state index in [1.807, 2.05) is 30.3 Å². The van der Waals surface area contributed by atoms with Crippen molar-refractivity contribution in [1.82, 2.24) is 4.90 Å². The average Bonchev–Trinajstić information content (AvgIpc) is 2.73. The van der Waals surface area contributed by atoms with Crippen LogP contribution in [0, 0.1) is 0 Å². The normalized spacial score (nSPS) is 20.1. The number of hydrogen-bond acceptors (Lipinski definition) is 4. The summed E-state index contributed by atoms with van der Waals surface area (Å²) in [5.41, 5.74) is 4.10. The first-order chi connectivity index (χ1) is 13.2. The van der Waals surface area contributed by atoms with Crippen molar-refractivity contribution in [3.05, 3.63) is 65.7 Å². The number of nitrogens with zero attached hydrogens (tertiary/aromatic N) is 2. The molecular formula is C23H30BrN3O. The van der Waals surface area contributed by atoms with Gasteiger partial charge in [-0.15, -0.1) is 17.0 Å². The Bertz CT molecular complexity index is 785. The quantitative estimate of drug-likeness (QED) is 0.679. The van der Waals surface area contributed by atoms with Gasteiger partial charge < -0.3 is 15.3 Å². The van der Waals surface area contributed by atoms with Gasteiger partial charge in [0.05, 0.1) is 5.60 Å². The lowest BCUT2D eigenvalue weighted by Crippen LogP contribution is -2.43. The fraction of sp³-hybridized carbons (Fsp3) is 0.435. The van der Waals surface area contributed by atoms with Gasteiger partial charge in [0.15, 0.2) is 0 Å². The molecule has 150 valence electrons. The molecule has 0 spiro atoms. The Balaban J connectivity index is 0.00000225. The maximum Gasteiger partial charge on any atom is 0.0920 e. The van der Waals surface area contributed by atoms with Crippen molar-refractivity contribution >= 4 is 28.4 Å². The molecule has 0 saturated carbocycles. The maximum absolute atomic E-state index is 10.9. The molecule has 1 fully saturated rings. The Morgan fingerprint density at radius 2 is 1.71 bits per heavy atom. The molecule has 2 aliphatic heterocycles. The van der Waals surface area contributed by atoms with Crippen LogP contribution in [0.5, 0.6) is 0 Å². The smallest absolute Gasteiger partial charge is 0.0920 e. The van der Waals surface area contributed by atoms with Gasteiger partial charge in [0.2, 0.25) is 0 Å². The lowest BCUT2D eigenvalue weighted by atomic mass is 9.84. The zero-order chi connectivity index (χ0) is 18.5. The number of aliphatic hydroxyl groups is 1. The predicted octanol–water partition coefficient (Wildman–Crippen LogP) is 4.24. The molecule has 0 radical (unpaired) electrons. The molecule has 2 aromatic rings. The number of fused-ring (bicyclic) bond motifs is 1. The van der Waals surface area contributed by atoms with Gasteiger partial charge >= 0.3 is 0 Å². The predicted molar refractivity (Wildman–Crippen MR) is 122 cm³/mol. The third-order valence-corrected chi connectivity index (χ3v) is 5.84. The zero-order valence-corrected chi connectivity index (χ0v) is 18.0. The van der Waals surface area contributed by atoms with Crippen LogP contribution in [0.15, 0.2) is 59.6 Å². The Morgan fingerprint density at radius 3 is 2.50 bits per heavy atom. The Morgan fingerprint density at radius 1 is 1.00 bits per heavy atom. The molecule has 2 aromatic carbocycles. The van der Waals surface area contributed by atoms with E-state index in [0.29, 0.717) is 0 Å². The van der Waals surface area contributed by atoms with Crippen LogP contribution in [0.4, 0.5) is 5.69 Å². The highest BCUT2D eigenvalue weighted by Crippen LogP contribution is 2.32. The van der Waals surface area contributed by atoms with Gasteiger partial charge in [0.1, 0.15) is 0 Å². The number of anilines is 1. The topological polar surface area (TPSA) is 47.9 Å². The summed E-state index contributed by atoms with van der Waals surface area (Å²) in [6, 6.07) is 18.6. The van der Waals surface area contributed by atoms with Gasteiger partial charge in [-0.05, 0) is 37.4 Å². The fourth-order valence-electron chi connectivity index (χ4n) is 4.20. The van der Waals surface area contributed by atoms with Crippen molar-refractivity contribution in [3.63, 3.8) is 0 Å². The first-order valence-corrected chi connectivity index (χ1v) is 10.1. The average molecular weight is 444 g/mol. The van der Waals surface area contributed by atoms with E-state index in [-0.39, 0.29) is 17.0 Å². The first-order valence-electron chi connectivity index (χ1n) is 10.1. The fourth-order valence-corrected chi connectivity index (χ4v) is 4.20. The number of hydrogen-bond donors (Lipinski definition) is 2. The minimum Gasteiger partial charge on any atom is -0.385 e. The van der Waals surface area contributed by atoms with E-state index in [9.17, 15) is 5.11 Å². The molecule has 2 aliphatic rings. The highest BCUT2D eigenvalue weighted by molar-refractivity contribution is 8.93. The molecule has 0 bridgehead atoms. The number of halogens is 1. The number of aliphatic imine (C=N–C) groups is 1. The van der Waals surface area contributed by atoms with Crippen LogP contribution in [0.25, 0.3) is 0 Å². The van der Waals surface area contributed by atoms with Crippen molar-refractivity contribution in [2.75, 3.05) is 38.0 Å². The summed E-state index contributed by atoms with van der Waals surface area (Å²) in [5.74, 6) is 0. The van der Waals surface area contributed by atoms with Gasteiger partial charge in [-0.3, -0.25) is 4.99 Å².